The van der Waals surface area contributed by atoms with Gasteiger partial charge in [0.2, 0.25) is 0 Å². The second-order valence-corrected chi connectivity index (χ2v) is 9.90. The first kappa shape index (κ1) is 22.3. The van der Waals surface area contributed by atoms with Gasteiger partial charge >= 0.3 is 0 Å². The van der Waals surface area contributed by atoms with Crippen LogP contribution in [0.1, 0.15) is 86.5 Å². The molecule has 168 valence electrons. The van der Waals surface area contributed by atoms with Crippen molar-refractivity contribution in [3.8, 4) is 0 Å². The average Bonchev–Trinajstić information content (AvgIpc) is 3.24. The monoisotopic (exact) mass is 429 g/mol. The lowest BCUT2D eigenvalue weighted by atomic mass is 9.71. The zero-order valence-corrected chi connectivity index (χ0v) is 20.0. The summed E-state index contributed by atoms with van der Waals surface area (Å²) in [7, 11) is 0. The Bertz CT molecular complexity index is 1080. The molecule has 0 amide bonds. The molecule has 0 bridgehead atoms. The molecule has 2 aromatic carbocycles. The van der Waals surface area contributed by atoms with Gasteiger partial charge in [0.15, 0.2) is 5.78 Å². The molecule has 0 aliphatic carbocycles. The fraction of sp³-hybridized carbons (Fsp3) is 0.429. The Labute approximate surface area is 192 Å². The molecule has 32 heavy (non-hydrogen) atoms. The van der Waals surface area contributed by atoms with Crippen molar-refractivity contribution in [3.05, 3.63) is 83.0 Å². The number of carbonyl (C=O) groups is 1. The Balaban J connectivity index is 1.67. The largest absolute Gasteiger partial charge is 0.363 e. The second kappa shape index (κ2) is 8.57. The van der Waals surface area contributed by atoms with Crippen LogP contribution >= 0.6 is 0 Å². The van der Waals surface area contributed by atoms with E-state index in [1.165, 1.54) is 16.7 Å². The number of fused-ring (bicyclic) bond motifs is 1. The fourth-order valence-electron chi connectivity index (χ4n) is 5.16. The van der Waals surface area contributed by atoms with Gasteiger partial charge in [0.05, 0.1) is 23.3 Å². The first-order valence-electron chi connectivity index (χ1n) is 11.8. The molecule has 1 N–H and O–H groups in total. The maximum Gasteiger partial charge on any atom is 0.169 e. The summed E-state index contributed by atoms with van der Waals surface area (Å²) in [6.45, 7) is 10.9. The summed E-state index contributed by atoms with van der Waals surface area (Å²) >= 11 is 0. The first-order chi connectivity index (χ1) is 15.3. The number of aromatic nitrogens is 2. The Hall–Kier alpha value is -2.88. The van der Waals surface area contributed by atoms with Gasteiger partial charge in [-0.05, 0) is 51.2 Å². The van der Waals surface area contributed by atoms with Gasteiger partial charge in [-0.25, -0.2) is 4.68 Å². The molecule has 1 aromatic heterocycles. The highest BCUT2D eigenvalue weighted by Crippen LogP contribution is 2.42. The lowest BCUT2D eigenvalue weighted by Crippen LogP contribution is -2.38. The Morgan fingerprint density at radius 3 is 2.38 bits per heavy atom. The van der Waals surface area contributed by atoms with Crippen molar-refractivity contribution in [3.63, 3.8) is 0 Å². The third-order valence-electron chi connectivity index (χ3n) is 7.38. The maximum atomic E-state index is 13.7. The SMILES string of the molecule is CCC(CC)(CC(=O)c1cnn2c1N[C@@H](c1ccccc1)CC2(C)C)c1ccc(C)cc1. The predicted molar refractivity (Wildman–Crippen MR) is 131 cm³/mol. The predicted octanol–water partition coefficient (Wildman–Crippen LogP) is 6.81. The van der Waals surface area contributed by atoms with E-state index >= 15 is 0 Å². The van der Waals surface area contributed by atoms with Crippen LogP contribution in [-0.2, 0) is 11.0 Å². The minimum absolute atomic E-state index is 0.154. The lowest BCUT2D eigenvalue weighted by Gasteiger charge is -2.38. The molecule has 0 radical (unpaired) electrons. The molecule has 4 nitrogen and oxygen atoms in total. The van der Waals surface area contributed by atoms with Crippen LogP contribution < -0.4 is 5.32 Å². The minimum Gasteiger partial charge on any atom is -0.363 e. The number of ketones is 1. The standard InChI is InChI=1S/C28H35N3O/c1-6-28(7-2,22-15-13-20(3)14-16-22)18-25(32)23-19-29-31-26(23)30-24(17-27(31,4)5)21-11-9-8-10-12-21/h8-16,19,24,30H,6-7,17-18H2,1-5H3/t24-/m1/s1. The van der Waals surface area contributed by atoms with Crippen LogP contribution in [-0.4, -0.2) is 15.6 Å². The van der Waals surface area contributed by atoms with Gasteiger partial charge < -0.3 is 5.32 Å². The number of nitrogens with zero attached hydrogens (tertiary/aromatic N) is 2. The van der Waals surface area contributed by atoms with E-state index in [4.69, 9.17) is 0 Å². The van der Waals surface area contributed by atoms with Gasteiger partial charge in [0, 0.05) is 11.8 Å². The van der Waals surface area contributed by atoms with E-state index in [9.17, 15) is 4.79 Å². The minimum atomic E-state index is -0.177. The van der Waals surface area contributed by atoms with E-state index in [-0.39, 0.29) is 22.8 Å². The number of Topliss-reactive ketones (excluding diaryl/α,β-unsaturated/α-hetero) is 1. The number of carbonyl (C=O) groups excluding carboxylic acids is 1. The molecule has 2 heterocycles. The van der Waals surface area contributed by atoms with Gasteiger partial charge in [-0.1, -0.05) is 74.0 Å². The number of hydrogen-bond donors (Lipinski definition) is 1. The van der Waals surface area contributed by atoms with E-state index in [0.717, 1.165) is 25.1 Å². The molecule has 0 spiro atoms. The molecule has 1 aliphatic heterocycles. The zero-order chi connectivity index (χ0) is 22.9. The quantitative estimate of drug-likeness (QED) is 0.419. The topological polar surface area (TPSA) is 46.9 Å². The molecule has 3 aromatic rings. The van der Waals surface area contributed by atoms with Crippen LogP contribution in [0, 0.1) is 6.92 Å². The highest BCUT2D eigenvalue weighted by molar-refractivity contribution is 6.01. The van der Waals surface area contributed by atoms with Crippen molar-refractivity contribution < 1.29 is 4.79 Å². The molecular weight excluding hydrogens is 394 g/mol. The van der Waals surface area contributed by atoms with Gasteiger partial charge in [-0.3, -0.25) is 4.79 Å². The van der Waals surface area contributed by atoms with E-state index in [1.54, 1.807) is 6.20 Å². The van der Waals surface area contributed by atoms with Crippen molar-refractivity contribution in [2.24, 2.45) is 0 Å². The Morgan fingerprint density at radius 1 is 1.09 bits per heavy atom. The summed E-state index contributed by atoms with van der Waals surface area (Å²) in [6, 6.07) is 19.3. The highest BCUT2D eigenvalue weighted by Gasteiger charge is 2.38. The zero-order valence-electron chi connectivity index (χ0n) is 20.0. The summed E-state index contributed by atoms with van der Waals surface area (Å²) in [5.41, 5.74) is 4.09. The number of rotatable bonds is 7. The smallest absolute Gasteiger partial charge is 0.169 e. The molecule has 1 aliphatic rings. The van der Waals surface area contributed by atoms with Gasteiger partial charge in [-0.15, -0.1) is 0 Å². The number of nitrogens with one attached hydrogen (secondary N) is 1. The second-order valence-electron chi connectivity index (χ2n) is 9.90. The van der Waals surface area contributed by atoms with Crippen molar-refractivity contribution >= 4 is 11.6 Å². The van der Waals surface area contributed by atoms with E-state index in [2.05, 4.69) is 93.6 Å². The van der Waals surface area contributed by atoms with Crippen LogP contribution in [0.3, 0.4) is 0 Å². The average molecular weight is 430 g/mol. The molecule has 0 saturated heterocycles. The number of hydrogen-bond acceptors (Lipinski definition) is 3. The summed E-state index contributed by atoms with van der Waals surface area (Å²) in [5, 5.41) is 8.31. The lowest BCUT2D eigenvalue weighted by molar-refractivity contribution is 0.0944. The van der Waals surface area contributed by atoms with Gasteiger partial charge in [0.1, 0.15) is 5.82 Å². The summed E-state index contributed by atoms with van der Waals surface area (Å²) in [4.78, 5) is 13.7. The summed E-state index contributed by atoms with van der Waals surface area (Å²) in [6.07, 6.45) is 5.02. The molecule has 4 heteroatoms. The highest BCUT2D eigenvalue weighted by atomic mass is 16.1. The van der Waals surface area contributed by atoms with E-state index in [0.29, 0.717) is 12.0 Å². The number of benzene rings is 2. The molecule has 4 rings (SSSR count). The molecule has 1 atom stereocenters. The van der Waals surface area contributed by atoms with Crippen LogP contribution in [0.2, 0.25) is 0 Å². The van der Waals surface area contributed by atoms with Crippen LogP contribution in [0.25, 0.3) is 0 Å². The van der Waals surface area contributed by atoms with Crippen LogP contribution in [0.5, 0.6) is 0 Å². The van der Waals surface area contributed by atoms with Crippen molar-refractivity contribution in [2.45, 2.75) is 77.3 Å². The van der Waals surface area contributed by atoms with Crippen LogP contribution in [0.4, 0.5) is 5.82 Å². The van der Waals surface area contributed by atoms with Gasteiger partial charge in [-0.2, -0.15) is 5.10 Å². The number of aryl methyl sites for hydroxylation is 1. The van der Waals surface area contributed by atoms with Crippen molar-refractivity contribution in [2.75, 3.05) is 5.32 Å². The van der Waals surface area contributed by atoms with Gasteiger partial charge in [0.25, 0.3) is 0 Å². The third kappa shape index (κ3) is 3.99. The van der Waals surface area contributed by atoms with Crippen molar-refractivity contribution in [1.29, 1.82) is 0 Å². The third-order valence-corrected chi connectivity index (χ3v) is 7.38. The molecule has 0 fully saturated rings. The fourth-order valence-corrected chi connectivity index (χ4v) is 5.16. The Morgan fingerprint density at radius 2 is 1.75 bits per heavy atom. The van der Waals surface area contributed by atoms with E-state index in [1.807, 2.05) is 10.7 Å². The summed E-state index contributed by atoms with van der Waals surface area (Å²) in [5.74, 6) is 1.01. The Kier molecular flexibility index (Phi) is 5.98. The van der Waals surface area contributed by atoms with E-state index < -0.39 is 0 Å². The summed E-state index contributed by atoms with van der Waals surface area (Å²) < 4.78 is 2.01. The molecular formula is C28H35N3O. The normalized spacial score (nSPS) is 17.5. The molecule has 0 saturated carbocycles. The maximum absolute atomic E-state index is 13.7. The molecule has 0 unspecified atom stereocenters. The first-order valence-corrected chi connectivity index (χ1v) is 11.8. The van der Waals surface area contributed by atoms with Crippen LogP contribution in [0.15, 0.2) is 60.8 Å². The number of anilines is 1. The van der Waals surface area contributed by atoms with Crippen molar-refractivity contribution in [1.82, 2.24) is 9.78 Å².